The molecule has 3 nitrogen and oxygen atoms in total. The summed E-state index contributed by atoms with van der Waals surface area (Å²) >= 11 is 0. The maximum Gasteiger partial charge on any atom is 0.122 e. The minimum atomic E-state index is 0.732. The molecule has 2 saturated carbocycles. The van der Waals surface area contributed by atoms with Gasteiger partial charge in [-0.05, 0) is 31.7 Å². The van der Waals surface area contributed by atoms with Gasteiger partial charge >= 0.3 is 0 Å². The topological polar surface area (TPSA) is 28.4 Å². The van der Waals surface area contributed by atoms with E-state index in [0.717, 1.165) is 37.5 Å². The van der Waals surface area contributed by atoms with Crippen LogP contribution < -0.4 is 5.32 Å². The highest BCUT2D eigenvalue weighted by molar-refractivity contribution is 5.18. The van der Waals surface area contributed by atoms with Gasteiger partial charge in [0.05, 0.1) is 12.8 Å². The van der Waals surface area contributed by atoms with Crippen LogP contribution in [0.15, 0.2) is 29.4 Å². The molecule has 0 radical (unpaired) electrons. The molecule has 0 spiro atoms. The van der Waals surface area contributed by atoms with Crippen LogP contribution in [-0.4, -0.2) is 23.5 Å². The van der Waals surface area contributed by atoms with E-state index in [0.29, 0.717) is 0 Å². The van der Waals surface area contributed by atoms with Gasteiger partial charge in [0.1, 0.15) is 5.76 Å². The molecule has 2 aliphatic carbocycles. The fraction of sp³-hybridized carbons (Fsp3) is 0.600. The van der Waals surface area contributed by atoms with Crippen molar-refractivity contribution >= 4 is 0 Å². The first-order valence-corrected chi connectivity index (χ1v) is 7.00. The second kappa shape index (κ2) is 5.29. The average molecular weight is 246 g/mol. The monoisotopic (exact) mass is 246 g/mol. The van der Waals surface area contributed by atoms with Crippen molar-refractivity contribution in [2.75, 3.05) is 6.54 Å². The van der Waals surface area contributed by atoms with E-state index in [1.807, 2.05) is 12.3 Å². The Balaban J connectivity index is 1.59. The Morgan fingerprint density at radius 1 is 1.39 bits per heavy atom. The highest BCUT2D eigenvalue weighted by Crippen LogP contribution is 2.29. The van der Waals surface area contributed by atoms with Gasteiger partial charge in [0.15, 0.2) is 0 Å². The van der Waals surface area contributed by atoms with Crippen molar-refractivity contribution in [1.29, 1.82) is 0 Å². The van der Waals surface area contributed by atoms with Crippen LogP contribution in [0.2, 0.25) is 0 Å². The first-order valence-electron chi connectivity index (χ1n) is 7.00. The fourth-order valence-corrected chi connectivity index (χ4v) is 2.35. The van der Waals surface area contributed by atoms with Crippen molar-refractivity contribution in [2.24, 2.45) is 0 Å². The Morgan fingerprint density at radius 2 is 2.22 bits per heavy atom. The maximum absolute atomic E-state index is 5.61. The molecule has 0 saturated heterocycles. The number of rotatable bonds is 8. The summed E-state index contributed by atoms with van der Waals surface area (Å²) in [6, 6.07) is 3.61. The molecule has 3 rings (SSSR count). The molecule has 0 unspecified atom stereocenters. The summed E-state index contributed by atoms with van der Waals surface area (Å²) in [5.41, 5.74) is 1.33. The molecule has 1 aromatic rings. The summed E-state index contributed by atoms with van der Waals surface area (Å²) in [6.07, 6.45) is 9.13. The van der Waals surface area contributed by atoms with Gasteiger partial charge in [-0.2, -0.15) is 0 Å². The molecule has 2 aliphatic rings. The van der Waals surface area contributed by atoms with E-state index in [9.17, 15) is 0 Å². The number of furan rings is 1. The Bertz CT molecular complexity index is 404. The van der Waals surface area contributed by atoms with E-state index in [-0.39, 0.29) is 0 Å². The van der Waals surface area contributed by atoms with Gasteiger partial charge in [0, 0.05) is 30.7 Å². The van der Waals surface area contributed by atoms with Crippen LogP contribution in [0.25, 0.3) is 0 Å². The Morgan fingerprint density at radius 3 is 2.89 bits per heavy atom. The van der Waals surface area contributed by atoms with E-state index >= 15 is 0 Å². The van der Waals surface area contributed by atoms with Crippen LogP contribution >= 0.6 is 0 Å². The zero-order chi connectivity index (χ0) is 12.4. The van der Waals surface area contributed by atoms with Crippen LogP contribution in [0.3, 0.4) is 0 Å². The zero-order valence-electron chi connectivity index (χ0n) is 10.9. The molecule has 1 aromatic heterocycles. The van der Waals surface area contributed by atoms with Crippen LogP contribution in [0.4, 0.5) is 0 Å². The molecule has 0 atom stereocenters. The number of hydrogen-bond acceptors (Lipinski definition) is 3. The first-order chi connectivity index (χ1) is 8.86. The van der Waals surface area contributed by atoms with Crippen molar-refractivity contribution in [3.8, 4) is 0 Å². The molecule has 0 aromatic carbocycles. The summed E-state index contributed by atoms with van der Waals surface area (Å²) in [6.45, 7) is 6.70. The maximum atomic E-state index is 5.61. The Kier molecular flexibility index (Phi) is 3.52. The lowest BCUT2D eigenvalue weighted by molar-refractivity contribution is 0.280. The number of hydrogen-bond donors (Lipinski definition) is 1. The molecule has 1 heterocycles. The fourth-order valence-electron chi connectivity index (χ4n) is 2.35. The lowest BCUT2D eigenvalue weighted by Gasteiger charge is -2.19. The Labute approximate surface area is 109 Å². The largest absolute Gasteiger partial charge is 0.468 e. The van der Waals surface area contributed by atoms with Crippen molar-refractivity contribution in [2.45, 2.75) is 50.9 Å². The molecule has 18 heavy (non-hydrogen) atoms. The lowest BCUT2D eigenvalue weighted by atomic mass is 10.2. The summed E-state index contributed by atoms with van der Waals surface area (Å²) in [5.74, 6) is 1.11. The molecular formula is C15H22N2O. The van der Waals surface area contributed by atoms with Crippen LogP contribution in [0, 0.1) is 0 Å². The van der Waals surface area contributed by atoms with Gasteiger partial charge < -0.3 is 9.73 Å². The highest BCUT2D eigenvalue weighted by atomic mass is 16.3. The Hall–Kier alpha value is -1.06. The van der Waals surface area contributed by atoms with Crippen molar-refractivity contribution in [3.05, 3.63) is 36.3 Å². The summed E-state index contributed by atoms with van der Waals surface area (Å²) < 4.78 is 5.61. The van der Waals surface area contributed by atoms with Gasteiger partial charge in [-0.3, -0.25) is 4.90 Å². The predicted molar refractivity (Wildman–Crippen MR) is 72.2 cm³/mol. The van der Waals surface area contributed by atoms with Crippen LogP contribution in [0.5, 0.6) is 0 Å². The number of nitrogens with one attached hydrogen (secondary N) is 1. The van der Waals surface area contributed by atoms with E-state index in [1.165, 1.54) is 31.2 Å². The van der Waals surface area contributed by atoms with Crippen molar-refractivity contribution in [3.63, 3.8) is 0 Å². The third-order valence-electron chi connectivity index (χ3n) is 3.77. The second-order valence-corrected chi connectivity index (χ2v) is 5.47. The summed E-state index contributed by atoms with van der Waals surface area (Å²) in [4.78, 5) is 2.50. The van der Waals surface area contributed by atoms with Crippen molar-refractivity contribution < 1.29 is 4.42 Å². The minimum absolute atomic E-state index is 0.732. The smallest absolute Gasteiger partial charge is 0.122 e. The molecule has 3 heteroatoms. The van der Waals surface area contributed by atoms with Crippen molar-refractivity contribution in [1.82, 2.24) is 10.2 Å². The number of nitrogens with zero attached hydrogens (tertiary/aromatic N) is 1. The predicted octanol–water partition coefficient (Wildman–Crippen LogP) is 2.68. The van der Waals surface area contributed by atoms with E-state index in [1.54, 1.807) is 0 Å². The zero-order valence-corrected chi connectivity index (χ0v) is 10.9. The third kappa shape index (κ3) is 3.03. The molecule has 2 fully saturated rings. The standard InChI is InChI=1S/C15H22N2O/c1-2-8-17(14-5-6-14)11-12-7-9-18-15(12)10-16-13-3-4-13/h2,7,9,13-14,16H,1,3-6,8,10-11H2. The third-order valence-corrected chi connectivity index (χ3v) is 3.77. The van der Waals surface area contributed by atoms with Crippen LogP contribution in [-0.2, 0) is 13.1 Å². The first kappa shape index (κ1) is 12.0. The average Bonchev–Trinajstić information content (AvgIpc) is 3.27. The lowest BCUT2D eigenvalue weighted by Crippen LogP contribution is -2.26. The molecule has 0 bridgehead atoms. The summed E-state index contributed by atoms with van der Waals surface area (Å²) in [5, 5.41) is 3.52. The normalized spacial score (nSPS) is 19.4. The molecular weight excluding hydrogens is 224 g/mol. The second-order valence-electron chi connectivity index (χ2n) is 5.47. The molecule has 1 N–H and O–H groups in total. The molecule has 0 amide bonds. The highest BCUT2D eigenvalue weighted by Gasteiger charge is 2.29. The van der Waals surface area contributed by atoms with Gasteiger partial charge in [-0.1, -0.05) is 6.08 Å². The van der Waals surface area contributed by atoms with E-state index < -0.39 is 0 Å². The SMILES string of the molecule is C=CCN(Cc1ccoc1CNC1CC1)C1CC1. The molecule has 0 aliphatic heterocycles. The summed E-state index contributed by atoms with van der Waals surface area (Å²) in [7, 11) is 0. The minimum Gasteiger partial charge on any atom is -0.468 e. The van der Waals surface area contributed by atoms with Gasteiger partial charge in [0.2, 0.25) is 0 Å². The van der Waals surface area contributed by atoms with E-state index in [2.05, 4.69) is 22.9 Å². The van der Waals surface area contributed by atoms with Gasteiger partial charge in [-0.15, -0.1) is 6.58 Å². The van der Waals surface area contributed by atoms with Crippen LogP contribution in [0.1, 0.15) is 37.0 Å². The van der Waals surface area contributed by atoms with Gasteiger partial charge in [0.25, 0.3) is 0 Å². The molecule has 98 valence electrons. The quantitative estimate of drug-likeness (QED) is 0.715. The van der Waals surface area contributed by atoms with E-state index in [4.69, 9.17) is 4.42 Å². The van der Waals surface area contributed by atoms with Gasteiger partial charge in [-0.25, -0.2) is 0 Å².